The van der Waals surface area contributed by atoms with Gasteiger partial charge in [0.15, 0.2) is 5.82 Å². The molecule has 0 saturated carbocycles. The molecule has 0 N–H and O–H groups in total. The quantitative estimate of drug-likeness (QED) is 0.522. The molecule has 3 heterocycles. The zero-order valence-corrected chi connectivity index (χ0v) is 19.9. The molecule has 1 fully saturated rings. The van der Waals surface area contributed by atoms with E-state index >= 15 is 0 Å². The molecule has 0 spiro atoms. The Morgan fingerprint density at radius 1 is 1.15 bits per heavy atom. The molecule has 0 aliphatic carbocycles. The fourth-order valence-electron chi connectivity index (χ4n) is 3.95. The summed E-state index contributed by atoms with van der Waals surface area (Å²) >= 11 is 0. The molecule has 34 heavy (non-hydrogen) atoms. The number of hydrogen-bond acceptors (Lipinski definition) is 8. The molecule has 180 valence electrons. The maximum atomic E-state index is 13.1. The number of rotatable bonds is 5. The summed E-state index contributed by atoms with van der Waals surface area (Å²) < 4.78 is 24.0. The average molecular weight is 469 g/mol. The standard InChI is InChI=1S/C24H28N4O6/c1-23(2,3)34-22(30)27-12-6-10-24(27,21(29)32-5)33-19-15-20(28-13-7-11-25-28)26-18-14-16(31-4)8-9-17(18)19/h7-9,11,13-15H,6,10,12H2,1-5H3. The number of benzene rings is 1. The van der Waals surface area contributed by atoms with Crippen molar-refractivity contribution in [3.05, 3.63) is 42.7 Å². The predicted molar refractivity (Wildman–Crippen MR) is 123 cm³/mol. The fraction of sp³-hybridized carbons (Fsp3) is 0.417. The molecule has 10 heteroatoms. The van der Waals surface area contributed by atoms with Gasteiger partial charge in [0.1, 0.15) is 17.1 Å². The summed E-state index contributed by atoms with van der Waals surface area (Å²) in [6, 6.07) is 8.78. The predicted octanol–water partition coefficient (Wildman–Crippen LogP) is 3.71. The van der Waals surface area contributed by atoms with Gasteiger partial charge in [0.2, 0.25) is 0 Å². The van der Waals surface area contributed by atoms with Crippen LogP contribution >= 0.6 is 0 Å². The number of amides is 1. The molecule has 1 amide bonds. The number of methoxy groups -OCH3 is 2. The highest BCUT2D eigenvalue weighted by Crippen LogP contribution is 2.38. The van der Waals surface area contributed by atoms with E-state index in [1.54, 1.807) is 75.3 Å². The van der Waals surface area contributed by atoms with Crippen molar-refractivity contribution in [3.63, 3.8) is 0 Å². The topological polar surface area (TPSA) is 105 Å². The van der Waals surface area contributed by atoms with Crippen molar-refractivity contribution in [2.75, 3.05) is 20.8 Å². The van der Waals surface area contributed by atoms with Crippen LogP contribution in [0, 0.1) is 0 Å². The Labute approximate surface area is 197 Å². The number of carbonyl (C=O) groups is 2. The number of ether oxygens (including phenoxy) is 4. The van der Waals surface area contributed by atoms with E-state index in [1.807, 2.05) is 0 Å². The molecule has 1 saturated heterocycles. The van der Waals surface area contributed by atoms with Crippen LogP contribution in [0.5, 0.6) is 11.5 Å². The third-order valence-corrected chi connectivity index (χ3v) is 5.44. The number of likely N-dealkylation sites (tertiary alicyclic amines) is 1. The molecule has 10 nitrogen and oxygen atoms in total. The highest BCUT2D eigenvalue weighted by molar-refractivity contribution is 5.89. The molecule has 0 bridgehead atoms. The normalized spacial score (nSPS) is 18.1. The molecular weight excluding hydrogens is 440 g/mol. The summed E-state index contributed by atoms with van der Waals surface area (Å²) in [7, 11) is 2.84. The highest BCUT2D eigenvalue weighted by atomic mass is 16.6. The van der Waals surface area contributed by atoms with Crippen LogP contribution < -0.4 is 9.47 Å². The molecule has 1 atom stereocenters. The Kier molecular flexibility index (Phi) is 6.07. The van der Waals surface area contributed by atoms with Gasteiger partial charge in [-0.15, -0.1) is 0 Å². The SMILES string of the molecule is COC(=O)C1(Oc2cc(-n3cccn3)nc3cc(OC)ccc23)CCCN1C(=O)OC(C)(C)C. The van der Waals surface area contributed by atoms with Crippen LogP contribution in [0.25, 0.3) is 16.7 Å². The van der Waals surface area contributed by atoms with Crippen LogP contribution in [0.1, 0.15) is 33.6 Å². The van der Waals surface area contributed by atoms with Crippen molar-refractivity contribution >= 4 is 23.0 Å². The fourth-order valence-corrected chi connectivity index (χ4v) is 3.95. The van der Waals surface area contributed by atoms with Gasteiger partial charge in [0.25, 0.3) is 5.72 Å². The van der Waals surface area contributed by atoms with Crippen molar-refractivity contribution in [2.24, 2.45) is 0 Å². The molecule has 4 rings (SSSR count). The smallest absolute Gasteiger partial charge is 0.413 e. The van der Waals surface area contributed by atoms with Crippen molar-refractivity contribution < 1.29 is 28.5 Å². The van der Waals surface area contributed by atoms with E-state index in [1.165, 1.54) is 12.0 Å². The molecule has 1 aliphatic heterocycles. The van der Waals surface area contributed by atoms with Gasteiger partial charge in [-0.05, 0) is 45.4 Å². The lowest BCUT2D eigenvalue weighted by molar-refractivity contribution is -0.172. The van der Waals surface area contributed by atoms with Crippen molar-refractivity contribution in [1.82, 2.24) is 19.7 Å². The van der Waals surface area contributed by atoms with Crippen LogP contribution in [0.4, 0.5) is 4.79 Å². The Morgan fingerprint density at radius 2 is 1.94 bits per heavy atom. The van der Waals surface area contributed by atoms with Crippen LogP contribution in [0.2, 0.25) is 0 Å². The minimum absolute atomic E-state index is 0.246. The lowest BCUT2D eigenvalue weighted by Gasteiger charge is -2.36. The number of carbonyl (C=O) groups excluding carboxylic acids is 2. The van der Waals surface area contributed by atoms with Gasteiger partial charge >= 0.3 is 12.1 Å². The number of fused-ring (bicyclic) bond motifs is 1. The lowest BCUT2D eigenvalue weighted by Crippen LogP contribution is -2.58. The van der Waals surface area contributed by atoms with E-state index in [-0.39, 0.29) is 13.0 Å². The van der Waals surface area contributed by atoms with Crippen LogP contribution in [-0.2, 0) is 14.3 Å². The zero-order chi connectivity index (χ0) is 24.5. The second-order valence-corrected chi connectivity index (χ2v) is 8.93. The van der Waals surface area contributed by atoms with Crippen LogP contribution in [-0.4, -0.2) is 63.8 Å². The second-order valence-electron chi connectivity index (χ2n) is 8.93. The summed E-state index contributed by atoms with van der Waals surface area (Å²) in [4.78, 5) is 32.2. The summed E-state index contributed by atoms with van der Waals surface area (Å²) in [6.45, 7) is 5.58. The van der Waals surface area contributed by atoms with Gasteiger partial charge < -0.3 is 18.9 Å². The second kappa shape index (κ2) is 8.85. The van der Waals surface area contributed by atoms with Crippen molar-refractivity contribution in [1.29, 1.82) is 0 Å². The van der Waals surface area contributed by atoms with E-state index in [0.717, 1.165) is 0 Å². The van der Waals surface area contributed by atoms with Gasteiger partial charge in [-0.1, -0.05) is 0 Å². The van der Waals surface area contributed by atoms with E-state index in [9.17, 15) is 9.59 Å². The molecule has 0 radical (unpaired) electrons. The number of esters is 1. The van der Waals surface area contributed by atoms with Gasteiger partial charge in [0, 0.05) is 42.9 Å². The first kappa shape index (κ1) is 23.3. The Bertz CT molecular complexity index is 1200. The van der Waals surface area contributed by atoms with Crippen LogP contribution in [0.3, 0.4) is 0 Å². The highest BCUT2D eigenvalue weighted by Gasteiger charge is 2.55. The number of hydrogen-bond donors (Lipinski definition) is 0. The minimum Gasteiger partial charge on any atom is -0.497 e. The Balaban J connectivity index is 1.84. The summed E-state index contributed by atoms with van der Waals surface area (Å²) in [5.74, 6) is 0.749. The number of aromatic nitrogens is 3. The molecule has 1 aromatic carbocycles. The van der Waals surface area contributed by atoms with Gasteiger partial charge in [-0.25, -0.2) is 19.3 Å². The first-order chi connectivity index (χ1) is 16.2. The van der Waals surface area contributed by atoms with E-state index in [2.05, 4.69) is 10.1 Å². The first-order valence-electron chi connectivity index (χ1n) is 10.9. The maximum absolute atomic E-state index is 13.1. The van der Waals surface area contributed by atoms with Crippen LogP contribution in [0.15, 0.2) is 42.7 Å². The minimum atomic E-state index is -1.69. The third-order valence-electron chi connectivity index (χ3n) is 5.44. The molecule has 1 unspecified atom stereocenters. The van der Waals surface area contributed by atoms with E-state index < -0.39 is 23.4 Å². The van der Waals surface area contributed by atoms with E-state index in [4.69, 9.17) is 18.9 Å². The van der Waals surface area contributed by atoms with Gasteiger partial charge in [-0.2, -0.15) is 5.10 Å². The summed E-state index contributed by atoms with van der Waals surface area (Å²) in [5.41, 5.74) is -1.86. The van der Waals surface area contributed by atoms with Crippen molar-refractivity contribution in [2.45, 2.75) is 44.9 Å². The first-order valence-corrected chi connectivity index (χ1v) is 10.9. The Hall–Kier alpha value is -3.82. The maximum Gasteiger partial charge on any atom is 0.413 e. The number of nitrogens with zero attached hydrogens (tertiary/aromatic N) is 4. The molecule has 2 aromatic heterocycles. The summed E-state index contributed by atoms with van der Waals surface area (Å²) in [5, 5.41) is 4.89. The lowest BCUT2D eigenvalue weighted by atomic mass is 10.1. The largest absolute Gasteiger partial charge is 0.497 e. The molecular formula is C24H28N4O6. The monoisotopic (exact) mass is 468 g/mol. The molecule has 1 aliphatic rings. The zero-order valence-electron chi connectivity index (χ0n) is 19.9. The third kappa shape index (κ3) is 4.35. The number of pyridine rings is 1. The summed E-state index contributed by atoms with van der Waals surface area (Å²) in [6.07, 6.45) is 3.52. The Morgan fingerprint density at radius 3 is 2.59 bits per heavy atom. The average Bonchev–Trinajstić information content (AvgIpc) is 3.48. The van der Waals surface area contributed by atoms with Gasteiger partial charge in [0.05, 0.1) is 19.7 Å². The molecule has 3 aromatic rings. The van der Waals surface area contributed by atoms with Crippen molar-refractivity contribution in [3.8, 4) is 17.3 Å². The van der Waals surface area contributed by atoms with Gasteiger partial charge in [-0.3, -0.25) is 4.90 Å². The van der Waals surface area contributed by atoms with E-state index in [0.29, 0.717) is 34.6 Å².